The highest BCUT2D eigenvalue weighted by molar-refractivity contribution is 6.06. The lowest BCUT2D eigenvalue weighted by Gasteiger charge is -2.38. The van der Waals surface area contributed by atoms with E-state index in [0.29, 0.717) is 55.4 Å². The van der Waals surface area contributed by atoms with Gasteiger partial charge < -0.3 is 24.8 Å². The van der Waals surface area contributed by atoms with E-state index >= 15 is 0 Å². The maximum atomic E-state index is 14.6. The quantitative estimate of drug-likeness (QED) is 0.225. The van der Waals surface area contributed by atoms with Crippen LogP contribution in [0.5, 0.6) is 23.0 Å². The number of benzene rings is 4. The van der Waals surface area contributed by atoms with Gasteiger partial charge in [0, 0.05) is 24.2 Å². The fourth-order valence-electron chi connectivity index (χ4n) is 6.40. The summed E-state index contributed by atoms with van der Waals surface area (Å²) < 4.78 is 12.2. The normalized spacial score (nSPS) is 16.2. The second-order valence-corrected chi connectivity index (χ2v) is 11.8. The largest absolute Gasteiger partial charge is 0.507 e. The number of rotatable bonds is 2. The van der Waals surface area contributed by atoms with Gasteiger partial charge in [-0.05, 0) is 109 Å². The summed E-state index contributed by atoms with van der Waals surface area (Å²) in [6.45, 7) is 5.34. The van der Waals surface area contributed by atoms with Gasteiger partial charge in [-0.25, -0.2) is 0 Å². The topological polar surface area (TPSA) is 101 Å². The molecule has 46 heavy (non-hydrogen) atoms. The van der Waals surface area contributed by atoms with Crippen molar-refractivity contribution in [2.75, 3.05) is 19.7 Å². The summed E-state index contributed by atoms with van der Waals surface area (Å²) >= 11 is 0. The van der Waals surface area contributed by atoms with Gasteiger partial charge >= 0.3 is 0 Å². The van der Waals surface area contributed by atoms with E-state index in [1.165, 1.54) is 6.07 Å². The Morgan fingerprint density at radius 3 is 2.59 bits per heavy atom. The maximum absolute atomic E-state index is 14.6. The zero-order valence-corrected chi connectivity index (χ0v) is 25.9. The van der Waals surface area contributed by atoms with Gasteiger partial charge in [0.1, 0.15) is 23.0 Å². The van der Waals surface area contributed by atoms with E-state index < -0.39 is 0 Å². The number of carbonyl (C=O) groups is 2. The molecule has 10 rings (SSSR count). The molecule has 6 heterocycles. The standard InChI is InChI=1S/C38H35N3O5/c1-3-24-5-13-34-31(20-24)32(19-23(2)40-34)38(44)41-17-15-26-21-28-10-12-30(26)36(41)25-6-8-27(9-7-25)45-18-4-16-39-37(43)33-22-29(46-28)11-14-35(33)42/h5-14,19-22,36,42H,3-4,15-18H2,1-2H3,(H,39,43). The highest BCUT2D eigenvalue weighted by atomic mass is 16.5. The Balaban J connectivity index is 1.32. The average Bonchev–Trinajstić information content (AvgIpc) is 3.07. The molecule has 0 aliphatic carbocycles. The minimum absolute atomic E-state index is 0.0350. The van der Waals surface area contributed by atoms with Gasteiger partial charge in [0.2, 0.25) is 0 Å². The van der Waals surface area contributed by atoms with Gasteiger partial charge in [0.25, 0.3) is 11.8 Å². The van der Waals surface area contributed by atoms with Crippen LogP contribution < -0.4 is 14.8 Å². The van der Waals surface area contributed by atoms with Crippen molar-refractivity contribution in [2.24, 2.45) is 0 Å². The second-order valence-electron chi connectivity index (χ2n) is 11.8. The molecule has 4 aromatic carbocycles. The number of carbonyl (C=O) groups excluding carboxylic acids is 2. The lowest BCUT2D eigenvalue weighted by molar-refractivity contribution is 0.0696. The van der Waals surface area contributed by atoms with E-state index in [1.54, 1.807) is 12.1 Å². The van der Waals surface area contributed by atoms with Crippen LogP contribution >= 0.6 is 0 Å². The number of amides is 2. The number of fused-ring (bicyclic) bond motifs is 1. The Bertz CT molecular complexity index is 1970. The molecule has 8 heteroatoms. The molecule has 1 atom stereocenters. The van der Waals surface area contributed by atoms with Crippen LogP contribution in [0, 0.1) is 6.92 Å². The summed E-state index contributed by atoms with van der Waals surface area (Å²) in [6.07, 6.45) is 2.09. The number of phenols is 1. The van der Waals surface area contributed by atoms with Crippen LogP contribution in [0.4, 0.5) is 0 Å². The molecule has 0 radical (unpaired) electrons. The number of pyridine rings is 1. The molecule has 0 spiro atoms. The van der Waals surface area contributed by atoms with Crippen molar-refractivity contribution in [3.05, 3.63) is 124 Å². The summed E-state index contributed by atoms with van der Waals surface area (Å²) in [4.78, 5) is 34.1. The number of nitrogens with zero attached hydrogens (tertiary/aromatic N) is 2. The van der Waals surface area contributed by atoms with Crippen LogP contribution in [0.15, 0.2) is 84.9 Å². The zero-order chi connectivity index (χ0) is 31.8. The lowest BCUT2D eigenvalue weighted by atomic mass is 9.87. The van der Waals surface area contributed by atoms with Crippen molar-refractivity contribution in [1.29, 1.82) is 0 Å². The molecule has 5 aliphatic rings. The van der Waals surface area contributed by atoms with Gasteiger partial charge in [-0.3, -0.25) is 14.6 Å². The number of nitrogens with one attached hydrogen (secondary N) is 1. The summed E-state index contributed by atoms with van der Waals surface area (Å²) in [6, 6.07) is 26.2. The SMILES string of the molecule is CCc1ccc2nc(C)cc(C(=O)N3CCc4cc5ccc4C3c3ccc(cc3)OCCCNC(=O)c3cc(ccc3O)O5)c2c1. The van der Waals surface area contributed by atoms with Gasteiger partial charge in [-0.2, -0.15) is 0 Å². The Morgan fingerprint density at radius 2 is 1.76 bits per heavy atom. The van der Waals surface area contributed by atoms with Crippen LogP contribution in [-0.2, 0) is 12.8 Å². The Hall–Kier alpha value is -5.37. The van der Waals surface area contributed by atoms with E-state index in [0.717, 1.165) is 45.3 Å². The molecule has 2 N–H and O–H groups in total. The molecule has 2 amide bonds. The highest BCUT2D eigenvalue weighted by Gasteiger charge is 2.34. The predicted octanol–water partition coefficient (Wildman–Crippen LogP) is 6.90. The first-order chi connectivity index (χ1) is 22.4. The smallest absolute Gasteiger partial charge is 0.255 e. The van der Waals surface area contributed by atoms with Crippen molar-refractivity contribution < 1.29 is 24.2 Å². The van der Waals surface area contributed by atoms with Crippen LogP contribution in [0.25, 0.3) is 10.9 Å². The number of hydrogen-bond acceptors (Lipinski definition) is 6. The van der Waals surface area contributed by atoms with Crippen LogP contribution in [0.1, 0.15) is 68.1 Å². The molecular weight excluding hydrogens is 578 g/mol. The summed E-state index contributed by atoms with van der Waals surface area (Å²) in [7, 11) is 0. The van der Waals surface area contributed by atoms with E-state index in [4.69, 9.17) is 14.5 Å². The van der Waals surface area contributed by atoms with Crippen molar-refractivity contribution >= 4 is 22.7 Å². The molecule has 0 saturated carbocycles. The van der Waals surface area contributed by atoms with Crippen LogP contribution in [-0.4, -0.2) is 46.5 Å². The van der Waals surface area contributed by atoms with Crippen molar-refractivity contribution in [2.45, 2.75) is 39.2 Å². The third kappa shape index (κ3) is 5.62. The zero-order valence-electron chi connectivity index (χ0n) is 25.9. The van der Waals surface area contributed by atoms with E-state index in [-0.39, 0.29) is 29.2 Å². The van der Waals surface area contributed by atoms with Crippen molar-refractivity contribution in [3.8, 4) is 23.0 Å². The van der Waals surface area contributed by atoms with Gasteiger partial charge in [0.15, 0.2) is 0 Å². The minimum Gasteiger partial charge on any atom is -0.507 e. The molecule has 0 fully saturated rings. The molecule has 0 saturated heterocycles. The van der Waals surface area contributed by atoms with Crippen LogP contribution in [0.3, 0.4) is 0 Å². The van der Waals surface area contributed by atoms with Gasteiger partial charge in [0.05, 0.1) is 29.3 Å². The van der Waals surface area contributed by atoms with Crippen molar-refractivity contribution in [1.82, 2.24) is 15.2 Å². The molecule has 8 nitrogen and oxygen atoms in total. The van der Waals surface area contributed by atoms with Gasteiger partial charge in [-0.1, -0.05) is 31.2 Å². The number of aromatic nitrogens is 1. The summed E-state index contributed by atoms with van der Waals surface area (Å²) in [5.41, 5.74) is 6.65. The average molecular weight is 614 g/mol. The molecule has 1 aromatic heterocycles. The van der Waals surface area contributed by atoms with E-state index in [1.807, 2.05) is 66.4 Å². The third-order valence-corrected chi connectivity index (χ3v) is 8.76. The van der Waals surface area contributed by atoms with E-state index in [2.05, 4.69) is 24.4 Å². The maximum Gasteiger partial charge on any atom is 0.255 e. The Kier molecular flexibility index (Phi) is 7.78. The number of aromatic hydroxyl groups is 1. The van der Waals surface area contributed by atoms with Crippen molar-refractivity contribution in [3.63, 3.8) is 0 Å². The first-order valence-electron chi connectivity index (χ1n) is 15.7. The third-order valence-electron chi connectivity index (χ3n) is 8.76. The molecular formula is C38H35N3O5. The second kappa shape index (κ2) is 12.2. The molecule has 5 aliphatic heterocycles. The fourth-order valence-corrected chi connectivity index (χ4v) is 6.40. The highest BCUT2D eigenvalue weighted by Crippen LogP contribution is 2.40. The first-order valence-corrected chi connectivity index (χ1v) is 15.7. The first kappa shape index (κ1) is 29.3. The van der Waals surface area contributed by atoms with Gasteiger partial charge in [-0.15, -0.1) is 0 Å². The number of phenolic OH excluding ortho intramolecular Hbond substituents is 1. The predicted molar refractivity (Wildman–Crippen MR) is 176 cm³/mol. The lowest BCUT2D eigenvalue weighted by Crippen LogP contribution is -2.40. The summed E-state index contributed by atoms with van der Waals surface area (Å²) in [5.74, 6) is 1.22. The Morgan fingerprint density at radius 1 is 0.978 bits per heavy atom. The number of hydrogen-bond donors (Lipinski definition) is 2. The minimum atomic E-state index is -0.383. The molecule has 1 unspecified atom stereocenters. The van der Waals surface area contributed by atoms with E-state index in [9.17, 15) is 14.7 Å². The van der Waals surface area contributed by atoms with Crippen LogP contribution in [0.2, 0.25) is 0 Å². The molecule has 232 valence electrons. The molecule has 8 bridgehead atoms. The summed E-state index contributed by atoms with van der Waals surface area (Å²) in [5, 5.41) is 14.1. The molecule has 5 aromatic rings. The number of aryl methyl sites for hydroxylation is 2. The number of ether oxygens (including phenoxy) is 2. The Labute approximate surface area is 267 Å². The monoisotopic (exact) mass is 613 g/mol. The fraction of sp³-hybridized carbons (Fsp3) is 0.237.